The molecule has 1 atom stereocenters. The third-order valence-corrected chi connectivity index (χ3v) is 6.07. The summed E-state index contributed by atoms with van der Waals surface area (Å²) in [6, 6.07) is 5.93. The molecule has 1 N–H and O–H groups in total. The van der Waals surface area contributed by atoms with E-state index in [2.05, 4.69) is 5.32 Å². The van der Waals surface area contributed by atoms with E-state index in [1.165, 1.54) is 23.9 Å². The molecule has 19 heavy (non-hydrogen) atoms. The average Bonchev–Trinajstić information content (AvgIpc) is 2.69. The fraction of sp³-hybridized carbons (Fsp3) is 0.417. The molecule has 1 saturated heterocycles. The molecule has 0 aliphatic carbocycles. The van der Waals surface area contributed by atoms with Gasteiger partial charge in [0.25, 0.3) is 0 Å². The van der Waals surface area contributed by atoms with Crippen molar-refractivity contribution in [3.05, 3.63) is 30.1 Å². The number of halogens is 1. The predicted molar refractivity (Wildman–Crippen MR) is 74.5 cm³/mol. The van der Waals surface area contributed by atoms with E-state index in [1.54, 1.807) is 12.1 Å². The van der Waals surface area contributed by atoms with Gasteiger partial charge in [-0.1, -0.05) is 12.1 Å². The first-order valence-corrected chi connectivity index (χ1v) is 8.70. The fourth-order valence-corrected chi connectivity index (χ4v) is 5.28. The van der Waals surface area contributed by atoms with Crippen LogP contribution in [0.4, 0.5) is 10.1 Å². The summed E-state index contributed by atoms with van der Waals surface area (Å²) < 4.78 is 35.8. The third-order valence-electron chi connectivity index (χ3n) is 2.79. The Bertz CT molecular complexity index is 574. The standard InChI is InChI=1S/C12H14FNO3S2/c13-10-3-1-2-4-11(10)14-12(15)7-18-9-5-6-19(16,17)8-9/h1-4,9H,5-8H2,(H,14,15)/t9-/m1/s1. The van der Waals surface area contributed by atoms with E-state index in [0.29, 0.717) is 6.42 Å². The zero-order valence-electron chi connectivity index (χ0n) is 10.1. The quantitative estimate of drug-likeness (QED) is 0.919. The Hall–Kier alpha value is -1.08. The molecule has 0 aromatic heterocycles. The molecule has 1 aliphatic heterocycles. The van der Waals surface area contributed by atoms with Gasteiger partial charge in [-0.3, -0.25) is 4.79 Å². The number of hydrogen-bond donors (Lipinski definition) is 1. The normalized spacial score (nSPS) is 21.2. The van der Waals surface area contributed by atoms with Gasteiger partial charge in [-0.05, 0) is 18.6 Å². The minimum atomic E-state index is -2.92. The average molecular weight is 303 g/mol. The van der Waals surface area contributed by atoms with Crippen molar-refractivity contribution in [2.24, 2.45) is 0 Å². The molecule has 1 aliphatic rings. The van der Waals surface area contributed by atoms with Crippen LogP contribution in [0.2, 0.25) is 0 Å². The van der Waals surface area contributed by atoms with E-state index in [9.17, 15) is 17.6 Å². The molecule has 0 spiro atoms. The van der Waals surface area contributed by atoms with Crippen LogP contribution in [0.25, 0.3) is 0 Å². The van der Waals surface area contributed by atoms with Gasteiger partial charge in [0.1, 0.15) is 5.82 Å². The predicted octanol–water partition coefficient (Wildman–Crippen LogP) is 1.68. The first-order chi connectivity index (χ1) is 8.96. The van der Waals surface area contributed by atoms with E-state index in [0.717, 1.165) is 0 Å². The molecule has 1 aromatic carbocycles. The second kappa shape index (κ2) is 5.92. The van der Waals surface area contributed by atoms with Crippen molar-refractivity contribution in [2.45, 2.75) is 11.7 Å². The van der Waals surface area contributed by atoms with Crippen molar-refractivity contribution in [3.8, 4) is 0 Å². The topological polar surface area (TPSA) is 63.2 Å². The Morgan fingerprint density at radius 2 is 2.16 bits per heavy atom. The number of amides is 1. The maximum Gasteiger partial charge on any atom is 0.234 e. The van der Waals surface area contributed by atoms with Gasteiger partial charge in [0, 0.05) is 5.25 Å². The first-order valence-electron chi connectivity index (χ1n) is 5.83. The lowest BCUT2D eigenvalue weighted by molar-refractivity contribution is -0.113. The third kappa shape index (κ3) is 4.21. The number of hydrogen-bond acceptors (Lipinski definition) is 4. The molecule has 1 heterocycles. The highest BCUT2D eigenvalue weighted by Crippen LogP contribution is 2.24. The van der Waals surface area contributed by atoms with Gasteiger partial charge in [0.05, 0.1) is 22.9 Å². The van der Waals surface area contributed by atoms with Crippen LogP contribution < -0.4 is 5.32 Å². The number of sulfone groups is 1. The molecule has 2 rings (SSSR count). The number of rotatable bonds is 4. The molecule has 7 heteroatoms. The molecule has 0 saturated carbocycles. The van der Waals surface area contributed by atoms with Crippen LogP contribution in [-0.2, 0) is 14.6 Å². The second-order valence-corrected chi connectivity index (χ2v) is 7.88. The number of nitrogens with one attached hydrogen (secondary N) is 1. The molecular formula is C12H14FNO3S2. The number of carbonyl (C=O) groups excluding carboxylic acids is 1. The molecule has 104 valence electrons. The van der Waals surface area contributed by atoms with E-state index in [1.807, 2.05) is 0 Å². The molecule has 0 unspecified atom stereocenters. The number of benzene rings is 1. The SMILES string of the molecule is O=C(CS[C@@H]1CCS(=O)(=O)C1)Nc1ccccc1F. The van der Waals surface area contributed by atoms with Crippen molar-refractivity contribution in [1.82, 2.24) is 0 Å². The Labute approximate surface area is 115 Å². The monoisotopic (exact) mass is 303 g/mol. The Kier molecular flexibility index (Phi) is 4.46. The summed E-state index contributed by atoms with van der Waals surface area (Å²) in [6.07, 6.45) is 0.583. The minimum Gasteiger partial charge on any atom is -0.323 e. The summed E-state index contributed by atoms with van der Waals surface area (Å²) in [4.78, 5) is 11.6. The molecule has 0 radical (unpaired) electrons. The van der Waals surface area contributed by atoms with Gasteiger partial charge in [-0.15, -0.1) is 11.8 Å². The molecule has 1 amide bonds. The van der Waals surface area contributed by atoms with Gasteiger partial charge >= 0.3 is 0 Å². The van der Waals surface area contributed by atoms with Crippen LogP contribution in [0.3, 0.4) is 0 Å². The zero-order chi connectivity index (χ0) is 13.9. The number of thioether (sulfide) groups is 1. The van der Waals surface area contributed by atoms with Gasteiger partial charge in [-0.25, -0.2) is 12.8 Å². The number of anilines is 1. The van der Waals surface area contributed by atoms with Gasteiger partial charge in [0.15, 0.2) is 9.84 Å². The van der Waals surface area contributed by atoms with Crippen molar-refractivity contribution in [1.29, 1.82) is 0 Å². The van der Waals surface area contributed by atoms with E-state index >= 15 is 0 Å². The maximum atomic E-state index is 13.3. The van der Waals surface area contributed by atoms with Crippen molar-refractivity contribution >= 4 is 33.2 Å². The lowest BCUT2D eigenvalue weighted by atomic mass is 10.3. The molecule has 1 fully saturated rings. The summed E-state index contributed by atoms with van der Waals surface area (Å²) in [7, 11) is -2.92. The summed E-state index contributed by atoms with van der Waals surface area (Å²) in [6.45, 7) is 0. The summed E-state index contributed by atoms with van der Waals surface area (Å²) >= 11 is 1.31. The lowest BCUT2D eigenvalue weighted by Gasteiger charge is -2.08. The Balaban J connectivity index is 1.81. The number of para-hydroxylation sites is 1. The van der Waals surface area contributed by atoms with Crippen LogP contribution in [0, 0.1) is 5.82 Å². The van der Waals surface area contributed by atoms with Gasteiger partial charge < -0.3 is 5.32 Å². The van der Waals surface area contributed by atoms with Gasteiger partial charge in [-0.2, -0.15) is 0 Å². The van der Waals surface area contributed by atoms with Crippen molar-refractivity contribution in [2.75, 3.05) is 22.6 Å². The summed E-state index contributed by atoms with van der Waals surface area (Å²) in [5.41, 5.74) is 0.146. The number of carbonyl (C=O) groups is 1. The second-order valence-electron chi connectivity index (χ2n) is 4.36. The van der Waals surface area contributed by atoms with Crippen molar-refractivity contribution in [3.63, 3.8) is 0 Å². The molecule has 1 aromatic rings. The zero-order valence-corrected chi connectivity index (χ0v) is 11.8. The van der Waals surface area contributed by atoms with E-state index in [4.69, 9.17) is 0 Å². The molecule has 4 nitrogen and oxygen atoms in total. The lowest BCUT2D eigenvalue weighted by Crippen LogP contribution is -2.17. The maximum absolute atomic E-state index is 13.3. The summed E-state index contributed by atoms with van der Waals surface area (Å²) in [5, 5.41) is 2.44. The fourth-order valence-electron chi connectivity index (χ4n) is 1.83. The minimum absolute atomic E-state index is 0.0311. The Morgan fingerprint density at radius 1 is 1.42 bits per heavy atom. The highest BCUT2D eigenvalue weighted by Gasteiger charge is 2.28. The van der Waals surface area contributed by atoms with Crippen LogP contribution in [0.15, 0.2) is 24.3 Å². The van der Waals surface area contributed by atoms with Crippen molar-refractivity contribution < 1.29 is 17.6 Å². The van der Waals surface area contributed by atoms with Crippen LogP contribution in [0.5, 0.6) is 0 Å². The molecular weight excluding hydrogens is 289 g/mol. The Morgan fingerprint density at radius 3 is 2.79 bits per heavy atom. The van der Waals surface area contributed by atoms with Crippen LogP contribution in [-0.4, -0.2) is 36.8 Å². The largest absolute Gasteiger partial charge is 0.323 e. The first kappa shape index (κ1) is 14.3. The highest BCUT2D eigenvalue weighted by molar-refractivity contribution is 8.02. The van der Waals surface area contributed by atoms with E-state index < -0.39 is 15.7 Å². The van der Waals surface area contributed by atoms with Crippen LogP contribution in [0.1, 0.15) is 6.42 Å². The highest BCUT2D eigenvalue weighted by atomic mass is 32.2. The molecule has 0 bridgehead atoms. The van der Waals surface area contributed by atoms with E-state index in [-0.39, 0.29) is 34.1 Å². The summed E-state index contributed by atoms with van der Waals surface area (Å²) in [5.74, 6) is -0.345. The van der Waals surface area contributed by atoms with Crippen LogP contribution >= 0.6 is 11.8 Å². The van der Waals surface area contributed by atoms with Gasteiger partial charge in [0.2, 0.25) is 5.91 Å². The smallest absolute Gasteiger partial charge is 0.234 e.